The highest BCUT2D eigenvalue weighted by Crippen LogP contribution is 1.96. The topological polar surface area (TPSA) is 64.2 Å². The summed E-state index contributed by atoms with van der Waals surface area (Å²) < 4.78 is 0. The molecule has 0 spiro atoms. The van der Waals surface area contributed by atoms with Crippen LogP contribution in [-0.2, 0) is 6.54 Å². The summed E-state index contributed by atoms with van der Waals surface area (Å²) in [5, 5.41) is 0. The molecular formula is C8H12N4. The second-order valence-corrected chi connectivity index (χ2v) is 2.55. The Balaban J connectivity index is 2.70. The molecule has 0 saturated carbocycles. The highest BCUT2D eigenvalue weighted by Gasteiger charge is 1.92. The molecule has 1 aromatic heterocycles. The largest absolute Gasteiger partial charge is 0.388 e. The van der Waals surface area contributed by atoms with Crippen LogP contribution in [0.3, 0.4) is 0 Å². The first-order valence-corrected chi connectivity index (χ1v) is 3.73. The van der Waals surface area contributed by atoms with E-state index in [0.717, 1.165) is 11.5 Å². The summed E-state index contributed by atoms with van der Waals surface area (Å²) in [5.41, 5.74) is 6.28. The van der Waals surface area contributed by atoms with Gasteiger partial charge in [0.25, 0.3) is 0 Å². The molecular weight excluding hydrogens is 152 g/mol. The van der Waals surface area contributed by atoms with Gasteiger partial charge >= 0.3 is 0 Å². The van der Waals surface area contributed by atoms with Crippen molar-refractivity contribution < 1.29 is 0 Å². The van der Waals surface area contributed by atoms with Crippen molar-refractivity contribution in [1.29, 1.82) is 0 Å². The maximum absolute atomic E-state index is 5.38. The van der Waals surface area contributed by atoms with Gasteiger partial charge in [-0.15, -0.1) is 0 Å². The van der Waals surface area contributed by atoms with Crippen molar-refractivity contribution in [3.63, 3.8) is 0 Å². The third kappa shape index (κ3) is 2.65. The fourth-order valence-corrected chi connectivity index (χ4v) is 0.799. The number of aromatic nitrogens is 2. The molecule has 12 heavy (non-hydrogen) atoms. The van der Waals surface area contributed by atoms with E-state index in [1.54, 1.807) is 13.1 Å². The maximum Gasteiger partial charge on any atom is 0.125 e. The highest BCUT2D eigenvalue weighted by molar-refractivity contribution is 5.77. The van der Waals surface area contributed by atoms with Gasteiger partial charge < -0.3 is 5.73 Å². The van der Waals surface area contributed by atoms with Gasteiger partial charge in [0.1, 0.15) is 5.82 Å². The summed E-state index contributed by atoms with van der Waals surface area (Å²) in [6.45, 7) is 4.14. The number of aryl methyl sites for hydroxylation is 1. The Labute approximate surface area is 71.6 Å². The van der Waals surface area contributed by atoms with Gasteiger partial charge in [0.2, 0.25) is 0 Å². The van der Waals surface area contributed by atoms with Crippen molar-refractivity contribution in [2.75, 3.05) is 0 Å². The molecule has 1 heterocycles. The molecule has 0 radical (unpaired) electrons. The van der Waals surface area contributed by atoms with Gasteiger partial charge in [-0.1, -0.05) is 0 Å². The molecule has 2 N–H and O–H groups in total. The Morgan fingerprint density at radius 1 is 1.67 bits per heavy atom. The van der Waals surface area contributed by atoms with Crippen LogP contribution >= 0.6 is 0 Å². The molecule has 0 saturated heterocycles. The van der Waals surface area contributed by atoms with E-state index in [9.17, 15) is 0 Å². The molecule has 0 amide bonds. The van der Waals surface area contributed by atoms with Gasteiger partial charge in [0, 0.05) is 6.20 Å². The van der Waals surface area contributed by atoms with Crippen LogP contribution in [0.15, 0.2) is 17.3 Å². The average molecular weight is 164 g/mol. The van der Waals surface area contributed by atoms with Crippen LogP contribution in [0.1, 0.15) is 18.4 Å². The number of amidine groups is 1. The lowest BCUT2D eigenvalue weighted by Gasteiger charge is -1.96. The molecule has 0 atom stereocenters. The van der Waals surface area contributed by atoms with Crippen LogP contribution in [0.4, 0.5) is 0 Å². The molecule has 0 aromatic carbocycles. The fourth-order valence-electron chi connectivity index (χ4n) is 0.799. The highest BCUT2D eigenvalue weighted by atomic mass is 14.9. The van der Waals surface area contributed by atoms with Crippen molar-refractivity contribution in [3.05, 3.63) is 23.8 Å². The van der Waals surface area contributed by atoms with E-state index < -0.39 is 0 Å². The monoisotopic (exact) mass is 164 g/mol. The van der Waals surface area contributed by atoms with E-state index >= 15 is 0 Å². The Morgan fingerprint density at radius 2 is 2.42 bits per heavy atom. The molecule has 4 heteroatoms. The lowest BCUT2D eigenvalue weighted by molar-refractivity contribution is 0.924. The summed E-state index contributed by atoms with van der Waals surface area (Å²) >= 11 is 0. The predicted molar refractivity (Wildman–Crippen MR) is 47.8 cm³/mol. The zero-order valence-electron chi connectivity index (χ0n) is 7.28. The Hall–Kier alpha value is -1.45. The number of nitrogens with two attached hydrogens (primary N) is 1. The third-order valence-corrected chi connectivity index (χ3v) is 1.32. The smallest absolute Gasteiger partial charge is 0.125 e. The van der Waals surface area contributed by atoms with Crippen molar-refractivity contribution in [1.82, 2.24) is 9.97 Å². The quantitative estimate of drug-likeness (QED) is 0.516. The van der Waals surface area contributed by atoms with Gasteiger partial charge in [-0.3, -0.25) is 4.99 Å². The third-order valence-electron chi connectivity index (χ3n) is 1.32. The van der Waals surface area contributed by atoms with E-state index in [-0.39, 0.29) is 0 Å². The summed E-state index contributed by atoms with van der Waals surface area (Å²) in [5.74, 6) is 1.34. The SMILES string of the molecule is CC(N)=NCc1ccnc(C)n1. The number of aliphatic imine (C=N–C) groups is 1. The van der Waals surface area contributed by atoms with Crippen molar-refractivity contribution in [2.24, 2.45) is 10.7 Å². The minimum Gasteiger partial charge on any atom is -0.388 e. The summed E-state index contributed by atoms with van der Waals surface area (Å²) in [4.78, 5) is 12.2. The van der Waals surface area contributed by atoms with E-state index in [1.165, 1.54) is 0 Å². The van der Waals surface area contributed by atoms with Crippen LogP contribution in [0, 0.1) is 6.92 Å². The molecule has 0 fully saturated rings. The minimum absolute atomic E-state index is 0.533. The van der Waals surface area contributed by atoms with Gasteiger partial charge in [-0.05, 0) is 19.9 Å². The minimum atomic E-state index is 0.533. The molecule has 0 aliphatic rings. The zero-order chi connectivity index (χ0) is 8.97. The predicted octanol–water partition coefficient (Wildman–Crippen LogP) is 0.662. The summed E-state index contributed by atoms with van der Waals surface area (Å²) in [7, 11) is 0. The normalized spacial score (nSPS) is 11.7. The van der Waals surface area contributed by atoms with E-state index in [0.29, 0.717) is 12.4 Å². The van der Waals surface area contributed by atoms with Gasteiger partial charge in [-0.25, -0.2) is 9.97 Å². The molecule has 0 bridgehead atoms. The Morgan fingerprint density at radius 3 is 3.00 bits per heavy atom. The van der Waals surface area contributed by atoms with E-state index in [4.69, 9.17) is 5.73 Å². The van der Waals surface area contributed by atoms with Gasteiger partial charge in [0.15, 0.2) is 0 Å². The molecule has 1 aromatic rings. The molecule has 0 aliphatic heterocycles. The lowest BCUT2D eigenvalue weighted by atomic mass is 10.4. The van der Waals surface area contributed by atoms with E-state index in [1.807, 2.05) is 13.0 Å². The number of rotatable bonds is 2. The summed E-state index contributed by atoms with van der Waals surface area (Å²) in [6, 6.07) is 1.83. The second-order valence-electron chi connectivity index (χ2n) is 2.55. The van der Waals surface area contributed by atoms with Crippen LogP contribution in [0.2, 0.25) is 0 Å². The van der Waals surface area contributed by atoms with E-state index in [2.05, 4.69) is 15.0 Å². The van der Waals surface area contributed by atoms with Crippen LogP contribution < -0.4 is 5.73 Å². The maximum atomic E-state index is 5.38. The van der Waals surface area contributed by atoms with Crippen LogP contribution in [0.25, 0.3) is 0 Å². The molecule has 0 aliphatic carbocycles. The van der Waals surface area contributed by atoms with Gasteiger partial charge in [0.05, 0.1) is 18.1 Å². The molecule has 0 unspecified atom stereocenters. The van der Waals surface area contributed by atoms with Crippen molar-refractivity contribution in [2.45, 2.75) is 20.4 Å². The Kier molecular flexibility index (Phi) is 2.74. The summed E-state index contributed by atoms with van der Waals surface area (Å²) in [6.07, 6.45) is 1.72. The van der Waals surface area contributed by atoms with Gasteiger partial charge in [-0.2, -0.15) is 0 Å². The zero-order valence-corrected chi connectivity index (χ0v) is 7.28. The van der Waals surface area contributed by atoms with Crippen molar-refractivity contribution in [3.8, 4) is 0 Å². The first kappa shape index (κ1) is 8.64. The molecule has 1 rings (SSSR count). The van der Waals surface area contributed by atoms with Crippen molar-refractivity contribution >= 4 is 5.84 Å². The van der Waals surface area contributed by atoms with Crippen LogP contribution in [0.5, 0.6) is 0 Å². The molecule has 64 valence electrons. The first-order valence-electron chi connectivity index (χ1n) is 3.73. The first-order chi connectivity index (χ1) is 5.68. The number of nitrogens with zero attached hydrogens (tertiary/aromatic N) is 3. The fraction of sp³-hybridized carbons (Fsp3) is 0.375. The average Bonchev–Trinajstić information content (AvgIpc) is 2.01. The number of hydrogen-bond acceptors (Lipinski definition) is 3. The molecule has 4 nitrogen and oxygen atoms in total. The Bertz CT molecular complexity index is 289. The van der Waals surface area contributed by atoms with Crippen LogP contribution in [-0.4, -0.2) is 15.8 Å². The second kappa shape index (κ2) is 3.80. The standard InChI is InChI=1S/C8H12N4/c1-6(9)11-5-8-3-4-10-7(2)12-8/h3-4H,5H2,1-2H3,(H2,9,11). The lowest BCUT2D eigenvalue weighted by Crippen LogP contribution is -2.06. The number of hydrogen-bond donors (Lipinski definition) is 1.